The average Bonchev–Trinajstić information content (AvgIpc) is 2.76. The van der Waals surface area contributed by atoms with Crippen LogP contribution in [0.3, 0.4) is 0 Å². The Morgan fingerprint density at radius 1 is 1.41 bits per heavy atom. The number of likely N-dealkylation sites (N-methyl/N-ethyl adjacent to an activating group) is 1. The van der Waals surface area contributed by atoms with Gasteiger partial charge in [0.05, 0.1) is 5.60 Å². The molecular formula is C14H23NO2. The molecule has 1 amide bonds. The van der Waals surface area contributed by atoms with Gasteiger partial charge in [-0.25, -0.2) is 0 Å². The largest absolute Gasteiger partial charge is 0.388 e. The zero-order valence-corrected chi connectivity index (χ0v) is 10.7. The molecule has 2 aliphatic rings. The first-order valence-corrected chi connectivity index (χ1v) is 6.73. The third-order valence-corrected chi connectivity index (χ3v) is 4.06. The minimum atomic E-state index is -0.616. The first-order chi connectivity index (χ1) is 8.11. The second kappa shape index (κ2) is 5.21. The van der Waals surface area contributed by atoms with Crippen LogP contribution in [-0.4, -0.2) is 35.1 Å². The van der Waals surface area contributed by atoms with Crippen LogP contribution in [0, 0.1) is 5.92 Å². The van der Waals surface area contributed by atoms with Crippen LogP contribution in [0.25, 0.3) is 0 Å². The summed E-state index contributed by atoms with van der Waals surface area (Å²) in [6.45, 7) is 0.506. The third-order valence-electron chi connectivity index (χ3n) is 4.06. The number of carbonyl (C=O) groups is 1. The van der Waals surface area contributed by atoms with Crippen molar-refractivity contribution in [2.45, 2.75) is 50.5 Å². The van der Waals surface area contributed by atoms with Gasteiger partial charge in [0, 0.05) is 19.5 Å². The molecule has 0 bridgehead atoms. The Morgan fingerprint density at radius 3 is 2.71 bits per heavy atom. The second-order valence-electron chi connectivity index (χ2n) is 5.61. The first kappa shape index (κ1) is 12.6. The first-order valence-electron chi connectivity index (χ1n) is 6.73. The van der Waals surface area contributed by atoms with E-state index in [1.807, 2.05) is 7.05 Å². The van der Waals surface area contributed by atoms with Crippen LogP contribution in [0.1, 0.15) is 44.9 Å². The molecule has 96 valence electrons. The van der Waals surface area contributed by atoms with Crippen LogP contribution in [0.5, 0.6) is 0 Å². The van der Waals surface area contributed by atoms with Gasteiger partial charge in [-0.2, -0.15) is 0 Å². The van der Waals surface area contributed by atoms with Crippen LogP contribution >= 0.6 is 0 Å². The number of nitrogens with zero attached hydrogens (tertiary/aromatic N) is 1. The third kappa shape index (κ3) is 3.09. The molecule has 3 heteroatoms. The SMILES string of the molecule is CN(CC1(O)CCCC1)C(=O)C1CC=CCC1. The molecule has 0 aromatic rings. The van der Waals surface area contributed by atoms with E-state index in [9.17, 15) is 9.90 Å². The number of carbonyl (C=O) groups excluding carboxylic acids is 1. The van der Waals surface area contributed by atoms with Gasteiger partial charge in [-0.3, -0.25) is 4.79 Å². The molecule has 0 aliphatic heterocycles. The van der Waals surface area contributed by atoms with Crippen molar-refractivity contribution < 1.29 is 9.90 Å². The second-order valence-corrected chi connectivity index (χ2v) is 5.61. The van der Waals surface area contributed by atoms with E-state index in [0.717, 1.165) is 44.9 Å². The number of aliphatic hydroxyl groups is 1. The van der Waals surface area contributed by atoms with Crippen molar-refractivity contribution >= 4 is 5.91 Å². The normalized spacial score (nSPS) is 27.1. The number of allylic oxidation sites excluding steroid dienone is 2. The number of rotatable bonds is 3. The molecule has 1 fully saturated rings. The maximum atomic E-state index is 12.2. The lowest BCUT2D eigenvalue weighted by Gasteiger charge is -2.31. The summed E-state index contributed by atoms with van der Waals surface area (Å²) < 4.78 is 0. The van der Waals surface area contributed by atoms with Crippen molar-refractivity contribution in [3.8, 4) is 0 Å². The summed E-state index contributed by atoms with van der Waals surface area (Å²) in [7, 11) is 1.83. The Labute approximate surface area is 103 Å². The van der Waals surface area contributed by atoms with Gasteiger partial charge in [-0.1, -0.05) is 25.0 Å². The van der Waals surface area contributed by atoms with E-state index >= 15 is 0 Å². The minimum absolute atomic E-state index is 0.134. The summed E-state index contributed by atoms with van der Waals surface area (Å²) in [5.74, 6) is 0.338. The smallest absolute Gasteiger partial charge is 0.225 e. The zero-order chi connectivity index (χ0) is 12.3. The molecule has 1 unspecified atom stereocenters. The quantitative estimate of drug-likeness (QED) is 0.764. The number of amides is 1. The molecule has 0 heterocycles. The van der Waals surface area contributed by atoms with Crippen LogP contribution < -0.4 is 0 Å². The highest BCUT2D eigenvalue weighted by Crippen LogP contribution is 2.30. The van der Waals surface area contributed by atoms with Gasteiger partial charge < -0.3 is 10.0 Å². The lowest BCUT2D eigenvalue weighted by molar-refractivity contribution is -0.137. The summed E-state index contributed by atoms with van der Waals surface area (Å²) in [6, 6.07) is 0. The Kier molecular flexibility index (Phi) is 3.87. The molecule has 2 rings (SSSR count). The fourth-order valence-corrected chi connectivity index (χ4v) is 3.04. The van der Waals surface area contributed by atoms with Crippen LogP contribution in [0.2, 0.25) is 0 Å². The summed E-state index contributed by atoms with van der Waals surface area (Å²) in [5, 5.41) is 10.3. The van der Waals surface area contributed by atoms with Gasteiger partial charge >= 0.3 is 0 Å². The van der Waals surface area contributed by atoms with Crippen LogP contribution in [0.4, 0.5) is 0 Å². The number of hydrogen-bond acceptors (Lipinski definition) is 2. The topological polar surface area (TPSA) is 40.5 Å². The fourth-order valence-electron chi connectivity index (χ4n) is 3.04. The molecule has 1 atom stereocenters. The highest BCUT2D eigenvalue weighted by molar-refractivity contribution is 5.79. The lowest BCUT2D eigenvalue weighted by atomic mass is 9.92. The maximum Gasteiger partial charge on any atom is 0.225 e. The van der Waals surface area contributed by atoms with Crippen molar-refractivity contribution in [1.82, 2.24) is 4.90 Å². The molecule has 2 aliphatic carbocycles. The van der Waals surface area contributed by atoms with Crippen LogP contribution in [-0.2, 0) is 4.79 Å². The Balaban J connectivity index is 1.88. The van der Waals surface area contributed by atoms with Crippen LogP contribution in [0.15, 0.2) is 12.2 Å². The molecule has 0 aromatic heterocycles. The van der Waals surface area contributed by atoms with E-state index < -0.39 is 5.60 Å². The van der Waals surface area contributed by atoms with Gasteiger partial charge in [0.2, 0.25) is 5.91 Å². The summed E-state index contributed by atoms with van der Waals surface area (Å²) in [4.78, 5) is 14.0. The van der Waals surface area contributed by atoms with E-state index in [4.69, 9.17) is 0 Å². The Bertz CT molecular complexity index is 305. The molecule has 0 saturated heterocycles. The van der Waals surface area contributed by atoms with E-state index in [-0.39, 0.29) is 11.8 Å². The van der Waals surface area contributed by atoms with Gasteiger partial charge in [0.1, 0.15) is 0 Å². The fraction of sp³-hybridized carbons (Fsp3) is 0.786. The van der Waals surface area contributed by atoms with Crippen molar-refractivity contribution in [1.29, 1.82) is 0 Å². The standard InChI is InChI=1S/C14H23NO2/c1-15(11-14(17)9-5-6-10-14)13(16)12-7-3-2-4-8-12/h2-3,12,17H,4-11H2,1H3. The molecule has 1 N–H and O–H groups in total. The molecule has 1 saturated carbocycles. The molecular weight excluding hydrogens is 214 g/mol. The molecule has 0 spiro atoms. The van der Waals surface area contributed by atoms with Gasteiger partial charge in [-0.15, -0.1) is 0 Å². The molecule has 17 heavy (non-hydrogen) atoms. The summed E-state index contributed by atoms with van der Waals surface area (Å²) in [5.41, 5.74) is -0.616. The van der Waals surface area contributed by atoms with E-state index in [1.54, 1.807) is 4.90 Å². The predicted molar refractivity (Wildman–Crippen MR) is 67.5 cm³/mol. The van der Waals surface area contributed by atoms with Crippen molar-refractivity contribution in [2.75, 3.05) is 13.6 Å². The summed E-state index contributed by atoms with van der Waals surface area (Å²) in [6.07, 6.45) is 10.9. The predicted octanol–water partition coefficient (Wildman–Crippen LogP) is 2.11. The Hall–Kier alpha value is -0.830. The van der Waals surface area contributed by atoms with Gasteiger partial charge in [-0.05, 0) is 32.1 Å². The maximum absolute atomic E-state index is 12.2. The van der Waals surface area contributed by atoms with E-state index in [2.05, 4.69) is 12.2 Å². The minimum Gasteiger partial charge on any atom is -0.388 e. The monoisotopic (exact) mass is 237 g/mol. The summed E-state index contributed by atoms with van der Waals surface area (Å²) >= 11 is 0. The van der Waals surface area contributed by atoms with Gasteiger partial charge in [0.25, 0.3) is 0 Å². The van der Waals surface area contributed by atoms with Gasteiger partial charge in [0.15, 0.2) is 0 Å². The van der Waals surface area contributed by atoms with Crippen molar-refractivity contribution in [2.24, 2.45) is 5.92 Å². The lowest BCUT2D eigenvalue weighted by Crippen LogP contribution is -2.44. The molecule has 0 radical (unpaired) electrons. The molecule has 0 aromatic carbocycles. The highest BCUT2D eigenvalue weighted by Gasteiger charge is 2.34. The van der Waals surface area contributed by atoms with E-state index in [1.165, 1.54) is 0 Å². The van der Waals surface area contributed by atoms with E-state index in [0.29, 0.717) is 6.54 Å². The Morgan fingerprint density at radius 2 is 2.12 bits per heavy atom. The van der Waals surface area contributed by atoms with Crippen molar-refractivity contribution in [3.05, 3.63) is 12.2 Å². The average molecular weight is 237 g/mol. The molecule has 3 nitrogen and oxygen atoms in total. The van der Waals surface area contributed by atoms with Crippen molar-refractivity contribution in [3.63, 3.8) is 0 Å². The zero-order valence-electron chi connectivity index (χ0n) is 10.7. The highest BCUT2D eigenvalue weighted by atomic mass is 16.3. The number of hydrogen-bond donors (Lipinski definition) is 1.